The van der Waals surface area contributed by atoms with E-state index >= 15 is 0 Å². The molecule has 1 unspecified atom stereocenters. The Balaban J connectivity index is 1.34. The van der Waals surface area contributed by atoms with Crippen molar-refractivity contribution < 1.29 is 9.53 Å². The molecule has 0 spiro atoms. The molecule has 5 heteroatoms. The minimum absolute atomic E-state index is 0.00864. The van der Waals surface area contributed by atoms with Crippen LogP contribution in [0.15, 0.2) is 54.7 Å². The molecule has 2 heterocycles. The number of rotatable bonds is 5. The van der Waals surface area contributed by atoms with Gasteiger partial charge in [0.1, 0.15) is 17.4 Å². The van der Waals surface area contributed by atoms with Gasteiger partial charge >= 0.3 is 0 Å². The second-order valence-corrected chi connectivity index (χ2v) is 7.69. The molecule has 3 aromatic rings. The monoisotopic (exact) mass is 394 g/mol. The fraction of sp³-hybridized carbons (Fsp3) is 0.304. The third-order valence-electron chi connectivity index (χ3n) is 5.24. The van der Waals surface area contributed by atoms with Crippen LogP contribution in [0.5, 0.6) is 5.75 Å². The van der Waals surface area contributed by atoms with Gasteiger partial charge in [-0.15, -0.1) is 0 Å². The first-order valence-electron chi connectivity index (χ1n) is 9.63. The predicted octanol–water partition coefficient (Wildman–Crippen LogP) is 4.81. The van der Waals surface area contributed by atoms with Gasteiger partial charge in [0.25, 0.3) is 0 Å². The second kappa shape index (κ2) is 8.19. The first-order chi connectivity index (χ1) is 13.6. The topological polar surface area (TPSA) is 42.4 Å². The summed E-state index contributed by atoms with van der Waals surface area (Å²) in [5.74, 6) is 0.962. The maximum absolute atomic E-state index is 12.6. The molecule has 28 heavy (non-hydrogen) atoms. The van der Waals surface area contributed by atoms with Gasteiger partial charge in [0.05, 0.1) is 6.54 Å². The zero-order valence-electron chi connectivity index (χ0n) is 15.9. The number of hydrogen-bond donors (Lipinski definition) is 0. The highest BCUT2D eigenvalue weighted by atomic mass is 35.5. The van der Waals surface area contributed by atoms with Gasteiger partial charge in [0, 0.05) is 36.0 Å². The molecule has 1 fully saturated rings. The molecule has 1 saturated heterocycles. The SMILES string of the molecule is Cc1cc(CCC(=O)N2CCC(Oc3cccc4cccnc34)C2)ccc1Cl. The van der Waals surface area contributed by atoms with Crippen LogP contribution in [0.4, 0.5) is 0 Å². The van der Waals surface area contributed by atoms with Gasteiger partial charge in [-0.05, 0) is 42.7 Å². The number of carbonyl (C=O) groups is 1. The van der Waals surface area contributed by atoms with Gasteiger partial charge in [-0.1, -0.05) is 41.9 Å². The second-order valence-electron chi connectivity index (χ2n) is 7.28. The summed E-state index contributed by atoms with van der Waals surface area (Å²) in [6, 6.07) is 15.8. The Labute approximate surface area is 170 Å². The van der Waals surface area contributed by atoms with E-state index in [1.807, 2.05) is 54.3 Å². The highest BCUT2D eigenvalue weighted by Gasteiger charge is 2.27. The van der Waals surface area contributed by atoms with E-state index in [0.29, 0.717) is 13.0 Å². The number of likely N-dealkylation sites (tertiary alicyclic amines) is 1. The van der Waals surface area contributed by atoms with Gasteiger partial charge in [0.15, 0.2) is 0 Å². The van der Waals surface area contributed by atoms with Crippen molar-refractivity contribution in [3.8, 4) is 5.75 Å². The number of pyridine rings is 1. The van der Waals surface area contributed by atoms with E-state index in [1.54, 1.807) is 6.20 Å². The van der Waals surface area contributed by atoms with Crippen LogP contribution in [-0.4, -0.2) is 35.0 Å². The summed E-state index contributed by atoms with van der Waals surface area (Å²) in [4.78, 5) is 19.0. The molecule has 4 rings (SSSR count). The van der Waals surface area contributed by atoms with Gasteiger partial charge < -0.3 is 9.64 Å². The molecule has 2 aromatic carbocycles. The summed E-state index contributed by atoms with van der Waals surface area (Å²) >= 11 is 6.07. The molecule has 0 saturated carbocycles. The Hall–Kier alpha value is -2.59. The fourth-order valence-corrected chi connectivity index (χ4v) is 3.79. The number of ether oxygens (including phenoxy) is 1. The van der Waals surface area contributed by atoms with E-state index < -0.39 is 0 Å². The Kier molecular flexibility index (Phi) is 5.49. The van der Waals surface area contributed by atoms with Crippen molar-refractivity contribution in [2.75, 3.05) is 13.1 Å². The average Bonchev–Trinajstić information content (AvgIpc) is 3.18. The van der Waals surface area contributed by atoms with Crippen LogP contribution in [0.1, 0.15) is 24.0 Å². The third-order valence-corrected chi connectivity index (χ3v) is 5.66. The van der Waals surface area contributed by atoms with E-state index in [0.717, 1.165) is 52.2 Å². The maximum Gasteiger partial charge on any atom is 0.223 e. The van der Waals surface area contributed by atoms with Crippen molar-refractivity contribution in [1.29, 1.82) is 0 Å². The van der Waals surface area contributed by atoms with Crippen LogP contribution in [0, 0.1) is 6.92 Å². The lowest BCUT2D eigenvalue weighted by molar-refractivity contribution is -0.130. The lowest BCUT2D eigenvalue weighted by Crippen LogP contribution is -2.31. The normalized spacial score (nSPS) is 16.5. The van der Waals surface area contributed by atoms with Gasteiger partial charge in [0.2, 0.25) is 5.91 Å². The fourth-order valence-electron chi connectivity index (χ4n) is 3.67. The molecule has 1 atom stereocenters. The number of aryl methyl sites for hydroxylation is 2. The van der Waals surface area contributed by atoms with Crippen molar-refractivity contribution in [1.82, 2.24) is 9.88 Å². The number of carbonyl (C=O) groups excluding carboxylic acids is 1. The van der Waals surface area contributed by atoms with Crippen LogP contribution in [0.25, 0.3) is 10.9 Å². The van der Waals surface area contributed by atoms with Crippen molar-refractivity contribution >= 4 is 28.4 Å². The van der Waals surface area contributed by atoms with Crippen LogP contribution in [0.2, 0.25) is 5.02 Å². The van der Waals surface area contributed by atoms with Crippen molar-refractivity contribution in [2.45, 2.75) is 32.3 Å². The zero-order valence-corrected chi connectivity index (χ0v) is 16.7. The van der Waals surface area contributed by atoms with E-state index in [9.17, 15) is 4.79 Å². The molecule has 1 aliphatic rings. The van der Waals surface area contributed by atoms with Crippen molar-refractivity contribution in [2.24, 2.45) is 0 Å². The summed E-state index contributed by atoms with van der Waals surface area (Å²) in [7, 11) is 0. The number of para-hydroxylation sites is 1. The number of nitrogens with zero attached hydrogens (tertiary/aromatic N) is 2. The number of hydrogen-bond acceptors (Lipinski definition) is 3. The molecule has 1 aromatic heterocycles. The first-order valence-corrected chi connectivity index (χ1v) is 10.0. The number of fused-ring (bicyclic) bond motifs is 1. The van der Waals surface area contributed by atoms with Crippen LogP contribution in [0.3, 0.4) is 0 Å². The van der Waals surface area contributed by atoms with E-state index in [4.69, 9.17) is 16.3 Å². The lowest BCUT2D eigenvalue weighted by Gasteiger charge is -2.18. The molecule has 4 nitrogen and oxygen atoms in total. The van der Waals surface area contributed by atoms with Crippen molar-refractivity contribution in [3.63, 3.8) is 0 Å². The van der Waals surface area contributed by atoms with Crippen molar-refractivity contribution in [3.05, 3.63) is 70.9 Å². The Morgan fingerprint density at radius 1 is 1.25 bits per heavy atom. The number of halogens is 1. The van der Waals surface area contributed by atoms with Crippen LogP contribution >= 0.6 is 11.6 Å². The largest absolute Gasteiger partial charge is 0.486 e. The Morgan fingerprint density at radius 3 is 2.96 bits per heavy atom. The minimum atomic E-state index is 0.00864. The Bertz CT molecular complexity index is 1000. The highest BCUT2D eigenvalue weighted by Crippen LogP contribution is 2.26. The molecule has 1 amide bonds. The molecular weight excluding hydrogens is 372 g/mol. The number of aromatic nitrogens is 1. The summed E-state index contributed by atoms with van der Waals surface area (Å²) in [5, 5.41) is 1.82. The third kappa shape index (κ3) is 4.12. The first kappa shape index (κ1) is 18.8. The number of amides is 1. The summed E-state index contributed by atoms with van der Waals surface area (Å²) < 4.78 is 6.19. The summed E-state index contributed by atoms with van der Waals surface area (Å²) in [6.45, 7) is 3.35. The smallest absolute Gasteiger partial charge is 0.223 e. The molecule has 0 bridgehead atoms. The van der Waals surface area contributed by atoms with Crippen LogP contribution in [-0.2, 0) is 11.2 Å². The average molecular weight is 395 g/mol. The van der Waals surface area contributed by atoms with Crippen LogP contribution < -0.4 is 4.74 Å². The van der Waals surface area contributed by atoms with Gasteiger partial charge in [-0.25, -0.2) is 0 Å². The molecule has 144 valence electrons. The predicted molar refractivity (Wildman–Crippen MR) is 112 cm³/mol. The molecule has 0 N–H and O–H groups in total. The molecule has 0 radical (unpaired) electrons. The summed E-state index contributed by atoms with van der Waals surface area (Å²) in [6.07, 6.45) is 3.86. The van der Waals surface area contributed by atoms with Gasteiger partial charge in [-0.3, -0.25) is 9.78 Å². The standard InChI is InChI=1S/C23H23ClN2O2/c1-16-14-17(7-9-20(16)24)8-10-22(27)26-13-11-19(15-26)28-21-6-2-4-18-5-3-12-25-23(18)21/h2-7,9,12,14,19H,8,10-11,13,15H2,1H3. The highest BCUT2D eigenvalue weighted by molar-refractivity contribution is 6.31. The maximum atomic E-state index is 12.6. The van der Waals surface area contributed by atoms with E-state index in [1.165, 1.54) is 0 Å². The zero-order chi connectivity index (χ0) is 19.5. The minimum Gasteiger partial charge on any atom is -0.486 e. The Morgan fingerprint density at radius 2 is 2.11 bits per heavy atom. The van der Waals surface area contributed by atoms with Gasteiger partial charge in [-0.2, -0.15) is 0 Å². The quantitative estimate of drug-likeness (QED) is 0.623. The van der Waals surface area contributed by atoms with E-state index in [2.05, 4.69) is 11.1 Å². The molecule has 1 aliphatic heterocycles. The lowest BCUT2D eigenvalue weighted by atomic mass is 10.1. The van der Waals surface area contributed by atoms with E-state index in [-0.39, 0.29) is 12.0 Å². The summed E-state index contributed by atoms with van der Waals surface area (Å²) in [5.41, 5.74) is 3.06. The molecule has 0 aliphatic carbocycles. The molecular formula is C23H23ClN2O2. The number of benzene rings is 2.